The van der Waals surface area contributed by atoms with Gasteiger partial charge in [-0.15, -0.1) is 0 Å². The molecule has 1 saturated heterocycles. The average molecular weight is 320 g/mol. The summed E-state index contributed by atoms with van der Waals surface area (Å²) in [4.78, 5) is 2.13. The van der Waals surface area contributed by atoms with Gasteiger partial charge in [0, 0.05) is 30.9 Å². The molecule has 20 heavy (non-hydrogen) atoms. The predicted octanol–water partition coefficient (Wildman–Crippen LogP) is 1.17. The highest BCUT2D eigenvalue weighted by molar-refractivity contribution is 7.91. The fourth-order valence-corrected chi connectivity index (χ4v) is 4.23. The molecule has 6 nitrogen and oxygen atoms in total. The summed E-state index contributed by atoms with van der Waals surface area (Å²) in [6.07, 6.45) is 2.94. The molecule has 0 spiro atoms. The van der Waals surface area contributed by atoms with Crippen molar-refractivity contribution in [2.45, 2.75) is 24.6 Å². The Balaban J connectivity index is 2.12. The van der Waals surface area contributed by atoms with E-state index in [9.17, 15) is 8.42 Å². The van der Waals surface area contributed by atoms with Crippen molar-refractivity contribution < 1.29 is 17.9 Å². The van der Waals surface area contributed by atoms with Crippen LogP contribution in [0.15, 0.2) is 0 Å². The number of methoxy groups -OCH3 is 2. The van der Waals surface area contributed by atoms with Crippen LogP contribution in [0.25, 0.3) is 0 Å². The van der Waals surface area contributed by atoms with Gasteiger partial charge in [0.05, 0.1) is 25.0 Å². The molecule has 0 radical (unpaired) electrons. The molecule has 1 aliphatic heterocycles. The van der Waals surface area contributed by atoms with Gasteiger partial charge < -0.3 is 9.47 Å². The Bertz CT molecular complexity index is 534. The summed E-state index contributed by atoms with van der Waals surface area (Å²) in [5, 5.41) is 0.447. The Morgan fingerprint density at radius 2 is 2.15 bits per heavy atom. The lowest BCUT2D eigenvalue weighted by Gasteiger charge is -2.31. The van der Waals surface area contributed by atoms with Gasteiger partial charge in [-0.1, -0.05) is 0 Å². The Labute approximate surface area is 123 Å². The average Bonchev–Trinajstić information content (AvgIpc) is 2.80. The van der Waals surface area contributed by atoms with E-state index in [0.29, 0.717) is 19.0 Å². The molecular formula is C12H20N2O4S2. The number of hydrogen-bond donors (Lipinski definition) is 0. The van der Waals surface area contributed by atoms with Crippen molar-refractivity contribution in [3.05, 3.63) is 5.56 Å². The van der Waals surface area contributed by atoms with Crippen LogP contribution >= 0.6 is 11.5 Å². The molecule has 114 valence electrons. The summed E-state index contributed by atoms with van der Waals surface area (Å²) in [5.41, 5.74) is 0.897. The minimum absolute atomic E-state index is 0.278. The van der Waals surface area contributed by atoms with Gasteiger partial charge in [-0.2, -0.15) is 4.37 Å². The quantitative estimate of drug-likeness (QED) is 0.811. The molecule has 1 aromatic rings. The number of hydrogen-bond acceptors (Lipinski definition) is 7. The monoisotopic (exact) mass is 320 g/mol. The minimum atomic E-state index is -2.99. The summed E-state index contributed by atoms with van der Waals surface area (Å²) in [6, 6.07) is 0. The van der Waals surface area contributed by atoms with Gasteiger partial charge in [-0.05, 0) is 19.4 Å². The van der Waals surface area contributed by atoms with Crippen LogP contribution in [-0.4, -0.2) is 56.5 Å². The second kappa shape index (κ2) is 6.28. The molecule has 1 unspecified atom stereocenters. The number of sulfone groups is 1. The van der Waals surface area contributed by atoms with Crippen LogP contribution in [-0.2, 0) is 16.4 Å². The smallest absolute Gasteiger partial charge is 0.233 e. The SMILES string of the molecule is COc1nsc(OC)c1CN1CCCC(S(C)(=O)=O)C1. The Kier molecular flexibility index (Phi) is 4.87. The molecule has 8 heteroatoms. The predicted molar refractivity (Wildman–Crippen MR) is 78.4 cm³/mol. The third-order valence-corrected chi connectivity index (χ3v) is 5.98. The van der Waals surface area contributed by atoms with Crippen molar-refractivity contribution in [1.29, 1.82) is 0 Å². The maximum atomic E-state index is 11.7. The number of ether oxygens (including phenoxy) is 2. The van der Waals surface area contributed by atoms with Gasteiger partial charge in [0.2, 0.25) is 10.9 Å². The largest absolute Gasteiger partial charge is 0.486 e. The lowest BCUT2D eigenvalue weighted by atomic mass is 10.1. The van der Waals surface area contributed by atoms with E-state index in [1.165, 1.54) is 17.8 Å². The highest BCUT2D eigenvalue weighted by atomic mass is 32.2. The molecule has 1 fully saturated rings. The van der Waals surface area contributed by atoms with E-state index < -0.39 is 9.84 Å². The molecule has 1 aliphatic rings. The van der Waals surface area contributed by atoms with E-state index in [2.05, 4.69) is 9.27 Å². The van der Waals surface area contributed by atoms with Crippen LogP contribution in [0.5, 0.6) is 10.9 Å². The van der Waals surface area contributed by atoms with Crippen molar-refractivity contribution >= 4 is 21.4 Å². The zero-order valence-corrected chi connectivity index (χ0v) is 13.6. The van der Waals surface area contributed by atoms with E-state index in [4.69, 9.17) is 9.47 Å². The maximum Gasteiger partial charge on any atom is 0.233 e. The minimum Gasteiger partial charge on any atom is -0.486 e. The summed E-state index contributed by atoms with van der Waals surface area (Å²) < 4.78 is 38.1. The molecule has 2 rings (SSSR count). The van der Waals surface area contributed by atoms with Crippen LogP contribution < -0.4 is 9.47 Å². The summed E-state index contributed by atoms with van der Waals surface area (Å²) >= 11 is 1.25. The number of aromatic nitrogens is 1. The second-order valence-electron chi connectivity index (χ2n) is 4.99. The van der Waals surface area contributed by atoms with E-state index in [0.717, 1.165) is 30.0 Å². The Hall–Kier alpha value is -0.860. The van der Waals surface area contributed by atoms with Gasteiger partial charge in [-0.3, -0.25) is 4.90 Å². The second-order valence-corrected chi connectivity index (χ2v) is 8.05. The molecular weight excluding hydrogens is 300 g/mol. The van der Waals surface area contributed by atoms with Crippen molar-refractivity contribution in [3.8, 4) is 10.9 Å². The first-order valence-electron chi connectivity index (χ1n) is 6.43. The number of nitrogens with zero attached hydrogens (tertiary/aromatic N) is 2. The molecule has 0 aromatic carbocycles. The van der Waals surface area contributed by atoms with Crippen molar-refractivity contribution in [2.24, 2.45) is 0 Å². The van der Waals surface area contributed by atoms with Gasteiger partial charge in [0.25, 0.3) is 0 Å². The lowest BCUT2D eigenvalue weighted by Crippen LogP contribution is -2.41. The van der Waals surface area contributed by atoms with Crippen LogP contribution in [0.2, 0.25) is 0 Å². The topological polar surface area (TPSA) is 68.7 Å². The Morgan fingerprint density at radius 1 is 1.40 bits per heavy atom. The third kappa shape index (κ3) is 3.42. The van der Waals surface area contributed by atoms with Crippen LogP contribution in [0.4, 0.5) is 0 Å². The first-order valence-corrected chi connectivity index (χ1v) is 9.16. The first-order chi connectivity index (χ1) is 9.45. The van der Waals surface area contributed by atoms with Gasteiger partial charge >= 0.3 is 0 Å². The fraction of sp³-hybridized carbons (Fsp3) is 0.750. The molecule has 0 aliphatic carbocycles. The third-order valence-electron chi connectivity index (χ3n) is 3.54. The van der Waals surface area contributed by atoms with Gasteiger partial charge in [0.1, 0.15) is 0 Å². The summed E-state index contributed by atoms with van der Waals surface area (Å²) in [7, 11) is 0.194. The zero-order chi connectivity index (χ0) is 14.8. The normalized spacial score (nSPS) is 20.9. The van der Waals surface area contributed by atoms with Crippen LogP contribution in [0.1, 0.15) is 18.4 Å². The molecule has 2 heterocycles. The number of rotatable bonds is 5. The number of piperidine rings is 1. The summed E-state index contributed by atoms with van der Waals surface area (Å²) in [6.45, 7) is 2.05. The lowest BCUT2D eigenvalue weighted by molar-refractivity contribution is 0.217. The van der Waals surface area contributed by atoms with E-state index in [1.807, 2.05) is 0 Å². The highest BCUT2D eigenvalue weighted by Gasteiger charge is 2.29. The molecule has 0 N–H and O–H groups in total. The zero-order valence-electron chi connectivity index (χ0n) is 12.0. The van der Waals surface area contributed by atoms with Crippen molar-refractivity contribution in [3.63, 3.8) is 0 Å². The maximum absolute atomic E-state index is 11.7. The number of likely N-dealkylation sites (tertiary alicyclic amines) is 1. The van der Waals surface area contributed by atoms with E-state index in [1.54, 1.807) is 14.2 Å². The molecule has 1 aromatic heterocycles. The van der Waals surface area contributed by atoms with E-state index >= 15 is 0 Å². The standard InChI is InChI=1S/C12H20N2O4S2/c1-17-11-10(12(18-2)19-13-11)8-14-6-4-5-9(7-14)20(3,15)16/h9H,4-8H2,1-3H3. The Morgan fingerprint density at radius 3 is 2.75 bits per heavy atom. The fourth-order valence-electron chi connectivity index (χ4n) is 2.46. The molecule has 0 amide bonds. The molecule has 1 atom stereocenters. The van der Waals surface area contributed by atoms with Crippen molar-refractivity contribution in [1.82, 2.24) is 9.27 Å². The van der Waals surface area contributed by atoms with Gasteiger partial charge in [0.15, 0.2) is 9.84 Å². The van der Waals surface area contributed by atoms with E-state index in [-0.39, 0.29) is 5.25 Å². The van der Waals surface area contributed by atoms with Crippen molar-refractivity contribution in [2.75, 3.05) is 33.6 Å². The summed E-state index contributed by atoms with van der Waals surface area (Å²) in [5.74, 6) is 0.563. The highest BCUT2D eigenvalue weighted by Crippen LogP contribution is 2.34. The molecule has 0 bridgehead atoms. The van der Waals surface area contributed by atoms with Crippen LogP contribution in [0, 0.1) is 0 Å². The van der Waals surface area contributed by atoms with Gasteiger partial charge in [-0.25, -0.2) is 8.42 Å². The van der Waals surface area contributed by atoms with Crippen LogP contribution in [0.3, 0.4) is 0 Å². The molecule has 0 saturated carbocycles. The first kappa shape index (κ1) is 15.5.